The van der Waals surface area contributed by atoms with Crippen LogP contribution in [0.5, 0.6) is 5.75 Å². The Morgan fingerprint density at radius 3 is 2.57 bits per heavy atom. The summed E-state index contributed by atoms with van der Waals surface area (Å²) >= 11 is 5.23. The fraction of sp³-hybridized carbons (Fsp3) is 0.438. The monoisotopic (exact) mass is 334 g/mol. The summed E-state index contributed by atoms with van der Waals surface area (Å²) in [7, 11) is 1.59. The fourth-order valence-corrected chi connectivity index (χ4v) is 2.64. The van der Waals surface area contributed by atoms with E-state index < -0.39 is 0 Å². The molecule has 7 heteroatoms. The first-order chi connectivity index (χ1) is 11.0. The topological polar surface area (TPSA) is 71.9 Å². The third kappa shape index (κ3) is 3.79. The van der Waals surface area contributed by atoms with Crippen LogP contribution in [0.3, 0.4) is 0 Å². The van der Waals surface area contributed by atoms with Gasteiger partial charge in [-0.1, -0.05) is 13.8 Å². The highest BCUT2D eigenvalue weighted by atomic mass is 32.1. The molecule has 1 atom stereocenters. The quantitative estimate of drug-likeness (QED) is 0.796. The van der Waals surface area contributed by atoms with E-state index in [1.165, 1.54) is 0 Å². The molecule has 0 aliphatic rings. The van der Waals surface area contributed by atoms with Crippen molar-refractivity contribution in [1.82, 2.24) is 20.1 Å². The van der Waals surface area contributed by atoms with Gasteiger partial charge in [0.05, 0.1) is 13.2 Å². The summed E-state index contributed by atoms with van der Waals surface area (Å²) in [4.78, 5) is 12.5. The van der Waals surface area contributed by atoms with E-state index >= 15 is 0 Å². The van der Waals surface area contributed by atoms with E-state index in [4.69, 9.17) is 17.0 Å². The number of hydrogen-bond donors (Lipinski definition) is 2. The first-order valence-electron chi connectivity index (χ1n) is 7.58. The number of aromatic amines is 1. The van der Waals surface area contributed by atoms with E-state index in [1.807, 2.05) is 25.3 Å². The van der Waals surface area contributed by atoms with Gasteiger partial charge in [0.15, 0.2) is 10.6 Å². The number of ether oxygens (including phenoxy) is 1. The highest BCUT2D eigenvalue weighted by Gasteiger charge is 2.24. The number of carbonyl (C=O) groups is 1. The second-order valence-electron chi connectivity index (χ2n) is 5.55. The predicted molar refractivity (Wildman–Crippen MR) is 91.1 cm³/mol. The second kappa shape index (κ2) is 7.41. The van der Waals surface area contributed by atoms with Crippen molar-refractivity contribution in [2.45, 2.75) is 33.4 Å². The van der Waals surface area contributed by atoms with Gasteiger partial charge in [-0.15, -0.1) is 0 Å². The smallest absolute Gasteiger partial charge is 0.251 e. The number of carbonyl (C=O) groups excluding carboxylic acids is 1. The van der Waals surface area contributed by atoms with Gasteiger partial charge in [-0.05, 0) is 49.3 Å². The molecule has 1 amide bonds. The molecule has 0 saturated heterocycles. The Balaban J connectivity index is 2.25. The molecule has 6 nitrogen and oxygen atoms in total. The van der Waals surface area contributed by atoms with Crippen molar-refractivity contribution < 1.29 is 9.53 Å². The molecule has 0 bridgehead atoms. The Kier molecular flexibility index (Phi) is 5.54. The molecule has 1 unspecified atom stereocenters. The number of methoxy groups -OCH3 is 1. The molecule has 1 aromatic carbocycles. The largest absolute Gasteiger partial charge is 0.497 e. The Morgan fingerprint density at radius 1 is 1.39 bits per heavy atom. The minimum absolute atomic E-state index is 0.150. The maximum absolute atomic E-state index is 12.5. The maximum Gasteiger partial charge on any atom is 0.251 e. The zero-order valence-corrected chi connectivity index (χ0v) is 14.6. The van der Waals surface area contributed by atoms with Crippen LogP contribution >= 0.6 is 12.2 Å². The van der Waals surface area contributed by atoms with E-state index in [2.05, 4.69) is 15.5 Å². The molecule has 23 heavy (non-hydrogen) atoms. The molecule has 2 rings (SSSR count). The Morgan fingerprint density at radius 2 is 2.04 bits per heavy atom. The third-order valence-corrected chi connectivity index (χ3v) is 4.00. The first kappa shape index (κ1) is 17.2. The first-order valence-corrected chi connectivity index (χ1v) is 7.98. The van der Waals surface area contributed by atoms with E-state index in [0.29, 0.717) is 22.6 Å². The molecular weight excluding hydrogens is 312 g/mol. The van der Waals surface area contributed by atoms with Crippen LogP contribution in [0, 0.1) is 10.7 Å². The van der Waals surface area contributed by atoms with Crippen molar-refractivity contribution in [1.29, 1.82) is 0 Å². The van der Waals surface area contributed by atoms with Gasteiger partial charge >= 0.3 is 0 Å². The normalized spacial score (nSPS) is 12.2. The summed E-state index contributed by atoms with van der Waals surface area (Å²) in [6.45, 7) is 6.77. The van der Waals surface area contributed by atoms with Crippen LogP contribution in [-0.2, 0) is 6.54 Å². The van der Waals surface area contributed by atoms with Crippen LogP contribution in [-0.4, -0.2) is 27.8 Å². The molecular formula is C16H22N4O2S. The van der Waals surface area contributed by atoms with Crippen molar-refractivity contribution in [2.75, 3.05) is 7.11 Å². The fourth-order valence-electron chi connectivity index (χ4n) is 2.37. The summed E-state index contributed by atoms with van der Waals surface area (Å²) < 4.78 is 7.57. The molecule has 0 aliphatic heterocycles. The molecule has 0 radical (unpaired) electrons. The molecule has 0 spiro atoms. The number of nitrogens with one attached hydrogen (secondary N) is 2. The highest BCUT2D eigenvalue weighted by molar-refractivity contribution is 7.71. The summed E-state index contributed by atoms with van der Waals surface area (Å²) in [5.74, 6) is 1.49. The number of H-pyrrole nitrogens is 1. The molecule has 1 aromatic heterocycles. The number of hydrogen-bond acceptors (Lipinski definition) is 4. The maximum atomic E-state index is 12.5. The van der Waals surface area contributed by atoms with Gasteiger partial charge in [0.1, 0.15) is 5.75 Å². The highest BCUT2D eigenvalue weighted by Crippen LogP contribution is 2.21. The molecule has 0 saturated carbocycles. The van der Waals surface area contributed by atoms with Gasteiger partial charge in [-0.3, -0.25) is 9.89 Å². The average molecular weight is 334 g/mol. The van der Waals surface area contributed by atoms with E-state index in [-0.39, 0.29) is 17.9 Å². The van der Waals surface area contributed by atoms with Crippen molar-refractivity contribution >= 4 is 18.1 Å². The zero-order chi connectivity index (χ0) is 17.0. The van der Waals surface area contributed by atoms with Gasteiger partial charge in [-0.25, -0.2) is 0 Å². The second-order valence-corrected chi connectivity index (χ2v) is 5.94. The lowest BCUT2D eigenvalue weighted by molar-refractivity contribution is 0.0922. The number of rotatable bonds is 6. The molecule has 0 fully saturated rings. The molecule has 2 aromatic rings. The van der Waals surface area contributed by atoms with E-state index in [1.54, 1.807) is 31.4 Å². The Hall–Kier alpha value is -2.15. The van der Waals surface area contributed by atoms with Crippen LogP contribution in [0.1, 0.15) is 43.0 Å². The standard InChI is InChI=1S/C16H22N4O2S/c1-5-20-14(18-19-16(20)23)13(10(2)3)17-15(21)11-6-8-12(22-4)9-7-11/h6-10,13H,5H2,1-4H3,(H,17,21)(H,19,23). The zero-order valence-electron chi connectivity index (χ0n) is 13.8. The SMILES string of the molecule is CCn1c(C(NC(=O)c2ccc(OC)cc2)C(C)C)n[nH]c1=S. The summed E-state index contributed by atoms with van der Waals surface area (Å²) in [5, 5.41) is 10.1. The number of benzene rings is 1. The van der Waals surface area contributed by atoms with E-state index in [0.717, 1.165) is 5.82 Å². The van der Waals surface area contributed by atoms with Crippen LogP contribution in [0.15, 0.2) is 24.3 Å². The van der Waals surface area contributed by atoms with Gasteiger partial charge in [0.2, 0.25) is 0 Å². The lowest BCUT2D eigenvalue weighted by atomic mass is 10.0. The number of amides is 1. The van der Waals surface area contributed by atoms with Crippen LogP contribution in [0.25, 0.3) is 0 Å². The van der Waals surface area contributed by atoms with Crippen molar-refractivity contribution in [3.8, 4) is 5.75 Å². The van der Waals surface area contributed by atoms with Crippen LogP contribution < -0.4 is 10.1 Å². The Labute approximate surface area is 140 Å². The summed E-state index contributed by atoms with van der Waals surface area (Å²) in [6, 6.07) is 6.78. The number of nitrogens with zero attached hydrogens (tertiary/aromatic N) is 2. The summed E-state index contributed by atoms with van der Waals surface area (Å²) in [5.41, 5.74) is 0.577. The Bertz CT molecular complexity index is 718. The van der Waals surface area contributed by atoms with Gasteiger partial charge in [0, 0.05) is 12.1 Å². The predicted octanol–water partition coefficient (Wildman–Crippen LogP) is 3.10. The number of aromatic nitrogens is 3. The van der Waals surface area contributed by atoms with Gasteiger partial charge in [-0.2, -0.15) is 5.10 Å². The lowest BCUT2D eigenvalue weighted by Crippen LogP contribution is -2.33. The lowest BCUT2D eigenvalue weighted by Gasteiger charge is -2.22. The third-order valence-electron chi connectivity index (χ3n) is 3.69. The van der Waals surface area contributed by atoms with Crippen molar-refractivity contribution in [2.24, 2.45) is 5.92 Å². The van der Waals surface area contributed by atoms with Crippen LogP contribution in [0.2, 0.25) is 0 Å². The minimum Gasteiger partial charge on any atom is -0.497 e. The summed E-state index contributed by atoms with van der Waals surface area (Å²) in [6.07, 6.45) is 0. The van der Waals surface area contributed by atoms with Crippen molar-refractivity contribution in [3.05, 3.63) is 40.4 Å². The van der Waals surface area contributed by atoms with Crippen molar-refractivity contribution in [3.63, 3.8) is 0 Å². The molecule has 2 N–H and O–H groups in total. The molecule has 0 aliphatic carbocycles. The van der Waals surface area contributed by atoms with Gasteiger partial charge in [0.25, 0.3) is 5.91 Å². The van der Waals surface area contributed by atoms with Crippen LogP contribution in [0.4, 0.5) is 0 Å². The molecule has 124 valence electrons. The van der Waals surface area contributed by atoms with Gasteiger partial charge < -0.3 is 14.6 Å². The minimum atomic E-state index is -0.225. The van der Waals surface area contributed by atoms with E-state index in [9.17, 15) is 4.79 Å². The average Bonchev–Trinajstić information content (AvgIpc) is 2.92. The molecule has 1 heterocycles.